The Bertz CT molecular complexity index is 2010. The Morgan fingerprint density at radius 1 is 0.553 bits per heavy atom. The van der Waals surface area contributed by atoms with Gasteiger partial charge in [0.05, 0.1) is 11.4 Å². The summed E-state index contributed by atoms with van der Waals surface area (Å²) in [7, 11) is 0. The van der Waals surface area contributed by atoms with Crippen LogP contribution in [0, 0.1) is 0 Å². The van der Waals surface area contributed by atoms with Crippen molar-refractivity contribution < 1.29 is 0 Å². The molecule has 2 aromatic heterocycles. The summed E-state index contributed by atoms with van der Waals surface area (Å²) in [5.41, 5.74) is 7.66. The summed E-state index contributed by atoms with van der Waals surface area (Å²) in [6.07, 6.45) is 0. The van der Waals surface area contributed by atoms with E-state index in [4.69, 9.17) is 0 Å². The van der Waals surface area contributed by atoms with Crippen LogP contribution < -0.4 is 4.90 Å². The number of hydrogen-bond acceptors (Lipinski definition) is 3. The van der Waals surface area contributed by atoms with Gasteiger partial charge in [0.1, 0.15) is 0 Å². The molecular formula is C35H25NS2. The first kappa shape index (κ1) is 22.1. The smallest absolute Gasteiger partial charge is 0.0688 e. The quantitative estimate of drug-likeness (QED) is 0.218. The standard InChI is InChI=1S/C35H25NS2/c1-35(2)28-13-7-8-14-29(28)36(33-25-12-6-9-15-30(25)38-34(33)35)24-17-19-32-27(21-24)26-20-23(16-18-31(26)37-32)22-10-4-3-5-11-22/h3-21H,1-2H3. The minimum atomic E-state index is -0.0596. The van der Waals surface area contributed by atoms with E-state index in [2.05, 4.69) is 134 Å². The van der Waals surface area contributed by atoms with Gasteiger partial charge in [0, 0.05) is 46.2 Å². The van der Waals surface area contributed by atoms with Crippen LogP contribution in [0.1, 0.15) is 24.3 Å². The van der Waals surface area contributed by atoms with E-state index in [0.29, 0.717) is 0 Å². The van der Waals surface area contributed by atoms with Crippen LogP contribution in [0.2, 0.25) is 0 Å². The Balaban J connectivity index is 1.40. The van der Waals surface area contributed by atoms with E-state index in [1.807, 2.05) is 22.7 Å². The molecule has 5 aromatic carbocycles. The molecule has 0 saturated heterocycles. The molecule has 0 radical (unpaired) electrons. The molecule has 0 aliphatic carbocycles. The number of anilines is 3. The van der Waals surface area contributed by atoms with Crippen LogP contribution >= 0.6 is 22.7 Å². The molecule has 1 aliphatic rings. The number of benzene rings is 5. The second-order valence-electron chi connectivity index (χ2n) is 10.6. The Morgan fingerprint density at radius 2 is 1.24 bits per heavy atom. The molecule has 0 fully saturated rings. The van der Waals surface area contributed by atoms with Gasteiger partial charge in [0.15, 0.2) is 0 Å². The average Bonchev–Trinajstić information content (AvgIpc) is 3.53. The normalized spacial score (nSPS) is 14.2. The summed E-state index contributed by atoms with van der Waals surface area (Å²) in [4.78, 5) is 3.94. The first-order chi connectivity index (χ1) is 18.6. The van der Waals surface area contributed by atoms with Crippen LogP contribution in [-0.2, 0) is 5.41 Å². The Hall–Kier alpha value is -3.92. The molecule has 7 aromatic rings. The molecule has 182 valence electrons. The molecule has 0 saturated carbocycles. The maximum atomic E-state index is 2.51. The van der Waals surface area contributed by atoms with Gasteiger partial charge < -0.3 is 4.90 Å². The van der Waals surface area contributed by atoms with Gasteiger partial charge in [-0.3, -0.25) is 0 Å². The zero-order valence-corrected chi connectivity index (χ0v) is 22.9. The van der Waals surface area contributed by atoms with Crippen LogP contribution in [0.5, 0.6) is 0 Å². The zero-order chi connectivity index (χ0) is 25.4. The number of nitrogens with zero attached hydrogens (tertiary/aromatic N) is 1. The molecule has 8 rings (SSSR count). The van der Waals surface area contributed by atoms with Crippen molar-refractivity contribution in [2.75, 3.05) is 4.90 Å². The lowest BCUT2D eigenvalue weighted by molar-refractivity contribution is 0.647. The molecule has 0 amide bonds. The van der Waals surface area contributed by atoms with E-state index in [1.54, 1.807) is 0 Å². The van der Waals surface area contributed by atoms with Crippen molar-refractivity contribution in [1.82, 2.24) is 0 Å². The zero-order valence-electron chi connectivity index (χ0n) is 21.2. The molecule has 0 N–H and O–H groups in total. The Morgan fingerprint density at radius 3 is 2.11 bits per heavy atom. The molecular weight excluding hydrogens is 499 g/mol. The fraction of sp³-hybridized carbons (Fsp3) is 0.0857. The maximum Gasteiger partial charge on any atom is 0.0688 e. The highest BCUT2D eigenvalue weighted by molar-refractivity contribution is 7.25. The van der Waals surface area contributed by atoms with Crippen molar-refractivity contribution in [3.63, 3.8) is 0 Å². The minimum Gasteiger partial charge on any atom is -0.308 e. The van der Waals surface area contributed by atoms with Crippen LogP contribution in [0.15, 0.2) is 115 Å². The van der Waals surface area contributed by atoms with Crippen LogP contribution in [0.3, 0.4) is 0 Å². The molecule has 0 spiro atoms. The van der Waals surface area contributed by atoms with E-state index in [-0.39, 0.29) is 5.41 Å². The second kappa shape index (κ2) is 8.04. The van der Waals surface area contributed by atoms with Gasteiger partial charge in [-0.15, -0.1) is 22.7 Å². The molecule has 3 heterocycles. The molecule has 1 nitrogen and oxygen atoms in total. The van der Waals surface area contributed by atoms with Crippen molar-refractivity contribution in [2.24, 2.45) is 0 Å². The first-order valence-corrected chi connectivity index (χ1v) is 14.7. The highest BCUT2D eigenvalue weighted by atomic mass is 32.1. The third-order valence-electron chi connectivity index (χ3n) is 8.00. The van der Waals surface area contributed by atoms with E-state index in [0.717, 1.165) is 0 Å². The summed E-state index contributed by atoms with van der Waals surface area (Å²) < 4.78 is 4.01. The Labute approximate surface area is 230 Å². The summed E-state index contributed by atoms with van der Waals surface area (Å²) in [6, 6.07) is 42.4. The van der Waals surface area contributed by atoms with Crippen LogP contribution in [0.4, 0.5) is 17.1 Å². The summed E-state index contributed by atoms with van der Waals surface area (Å²) in [5.74, 6) is 0. The monoisotopic (exact) mass is 523 g/mol. The molecule has 0 bridgehead atoms. The highest BCUT2D eigenvalue weighted by Crippen LogP contribution is 2.57. The highest BCUT2D eigenvalue weighted by Gasteiger charge is 2.39. The van der Waals surface area contributed by atoms with Gasteiger partial charge >= 0.3 is 0 Å². The van der Waals surface area contributed by atoms with Crippen molar-refractivity contribution >= 4 is 70.0 Å². The first-order valence-electron chi connectivity index (χ1n) is 13.0. The number of fused-ring (bicyclic) bond motifs is 7. The number of para-hydroxylation sites is 1. The van der Waals surface area contributed by atoms with Gasteiger partial charge in [0.25, 0.3) is 0 Å². The van der Waals surface area contributed by atoms with Gasteiger partial charge in [-0.25, -0.2) is 0 Å². The number of thiophene rings is 2. The fourth-order valence-electron chi connectivity index (χ4n) is 6.10. The lowest BCUT2D eigenvalue weighted by atomic mass is 9.78. The molecule has 38 heavy (non-hydrogen) atoms. The van der Waals surface area contributed by atoms with Crippen molar-refractivity contribution in [3.05, 3.63) is 126 Å². The van der Waals surface area contributed by atoms with Crippen LogP contribution in [0.25, 0.3) is 41.4 Å². The number of hydrogen-bond donors (Lipinski definition) is 0. The predicted octanol–water partition coefficient (Wildman–Crippen LogP) is 11.0. The minimum absolute atomic E-state index is 0.0596. The van der Waals surface area contributed by atoms with E-state index in [1.165, 1.54) is 68.9 Å². The fourth-order valence-corrected chi connectivity index (χ4v) is 8.47. The topological polar surface area (TPSA) is 3.24 Å². The second-order valence-corrected chi connectivity index (χ2v) is 12.7. The van der Waals surface area contributed by atoms with Gasteiger partial charge in [-0.05, 0) is 59.2 Å². The largest absolute Gasteiger partial charge is 0.308 e. The molecule has 0 atom stereocenters. The molecule has 0 unspecified atom stereocenters. The third-order valence-corrected chi connectivity index (χ3v) is 10.6. The van der Waals surface area contributed by atoms with E-state index in [9.17, 15) is 0 Å². The average molecular weight is 524 g/mol. The SMILES string of the molecule is CC1(C)c2ccccc2N(c2ccc3sc4ccc(-c5ccccc5)cc4c3c2)c2c1sc1ccccc21. The van der Waals surface area contributed by atoms with E-state index >= 15 is 0 Å². The van der Waals surface area contributed by atoms with Crippen molar-refractivity contribution in [3.8, 4) is 11.1 Å². The number of rotatable bonds is 2. The van der Waals surface area contributed by atoms with Crippen molar-refractivity contribution in [1.29, 1.82) is 0 Å². The summed E-state index contributed by atoms with van der Waals surface area (Å²) in [6.45, 7) is 4.75. The summed E-state index contributed by atoms with van der Waals surface area (Å²) >= 11 is 3.82. The third kappa shape index (κ3) is 3.09. The van der Waals surface area contributed by atoms with E-state index < -0.39 is 0 Å². The van der Waals surface area contributed by atoms with Crippen LogP contribution in [-0.4, -0.2) is 0 Å². The van der Waals surface area contributed by atoms with Gasteiger partial charge in [-0.1, -0.05) is 86.6 Å². The van der Waals surface area contributed by atoms with Gasteiger partial charge in [-0.2, -0.15) is 0 Å². The lowest BCUT2D eigenvalue weighted by Crippen LogP contribution is -2.29. The molecule has 1 aliphatic heterocycles. The van der Waals surface area contributed by atoms with Crippen molar-refractivity contribution in [2.45, 2.75) is 19.3 Å². The predicted molar refractivity (Wildman–Crippen MR) is 167 cm³/mol. The Kier molecular flexibility index (Phi) is 4.67. The summed E-state index contributed by atoms with van der Waals surface area (Å²) in [5, 5.41) is 3.98. The maximum absolute atomic E-state index is 2.51. The molecule has 3 heteroatoms. The lowest BCUT2D eigenvalue weighted by Gasteiger charge is -2.40. The van der Waals surface area contributed by atoms with Gasteiger partial charge in [0.2, 0.25) is 0 Å².